The molecule has 0 aliphatic heterocycles. The molecule has 0 bridgehead atoms. The number of aryl methyl sites for hydroxylation is 2. The van der Waals surface area contributed by atoms with E-state index in [2.05, 4.69) is 0 Å². The third-order valence-electron chi connectivity index (χ3n) is 3.90. The maximum atomic E-state index is 12.2. The second kappa shape index (κ2) is 8.74. The smallest absolute Gasteiger partial charge is 0.222 e. The number of benzene rings is 2. The Morgan fingerprint density at radius 2 is 1.75 bits per heavy atom. The highest BCUT2D eigenvalue weighted by Crippen LogP contribution is 2.25. The number of hydrogen-bond acceptors (Lipinski definition) is 2. The van der Waals surface area contributed by atoms with Gasteiger partial charge in [-0.1, -0.05) is 41.9 Å². The predicted octanol–water partition coefficient (Wildman–Crippen LogP) is 4.77. The molecular formula is C20H24ClNO2. The van der Waals surface area contributed by atoms with Gasteiger partial charge in [-0.05, 0) is 49.1 Å². The fourth-order valence-corrected chi connectivity index (χ4v) is 2.65. The highest BCUT2D eigenvalue weighted by molar-refractivity contribution is 6.32. The van der Waals surface area contributed by atoms with Crippen LogP contribution in [0.1, 0.15) is 29.5 Å². The fourth-order valence-electron chi connectivity index (χ4n) is 2.54. The van der Waals surface area contributed by atoms with Gasteiger partial charge in [0.1, 0.15) is 5.75 Å². The third-order valence-corrected chi connectivity index (χ3v) is 4.50. The number of carbonyl (C=O) groups excluding carboxylic acids is 1. The Hall–Kier alpha value is -2.00. The van der Waals surface area contributed by atoms with Crippen LogP contribution in [0.2, 0.25) is 5.02 Å². The van der Waals surface area contributed by atoms with Crippen molar-refractivity contribution in [3.05, 3.63) is 64.2 Å². The monoisotopic (exact) mass is 345 g/mol. The first kappa shape index (κ1) is 18.3. The zero-order valence-corrected chi connectivity index (χ0v) is 15.3. The molecule has 4 heteroatoms. The Balaban J connectivity index is 1.74. The Morgan fingerprint density at radius 1 is 1.12 bits per heavy atom. The minimum Gasteiger partial charge on any atom is -0.494 e. The van der Waals surface area contributed by atoms with Crippen LogP contribution < -0.4 is 4.74 Å². The molecule has 0 aliphatic carbocycles. The van der Waals surface area contributed by atoms with Gasteiger partial charge in [-0.2, -0.15) is 0 Å². The molecule has 2 aromatic carbocycles. The molecule has 0 spiro atoms. The van der Waals surface area contributed by atoms with Gasteiger partial charge in [0.2, 0.25) is 5.91 Å². The molecule has 0 unspecified atom stereocenters. The van der Waals surface area contributed by atoms with Gasteiger partial charge >= 0.3 is 0 Å². The molecule has 1 amide bonds. The lowest BCUT2D eigenvalue weighted by Gasteiger charge is -2.17. The SMILES string of the molecule is Cc1cc(OCCCC(=O)N(C)Cc2ccccc2)cc(C)c1Cl. The van der Waals surface area contributed by atoms with Crippen LogP contribution in [0.3, 0.4) is 0 Å². The minimum atomic E-state index is 0.130. The van der Waals surface area contributed by atoms with Crippen LogP contribution in [0.4, 0.5) is 0 Å². The van der Waals surface area contributed by atoms with Crippen LogP contribution in [0.25, 0.3) is 0 Å². The van der Waals surface area contributed by atoms with Crippen molar-refractivity contribution < 1.29 is 9.53 Å². The van der Waals surface area contributed by atoms with Crippen molar-refractivity contribution in [3.8, 4) is 5.75 Å². The van der Waals surface area contributed by atoms with Crippen molar-refractivity contribution in [2.75, 3.05) is 13.7 Å². The summed E-state index contributed by atoms with van der Waals surface area (Å²) in [6.45, 7) is 5.08. The van der Waals surface area contributed by atoms with Crippen LogP contribution in [-0.4, -0.2) is 24.5 Å². The molecule has 0 aliphatic rings. The molecule has 128 valence electrons. The van der Waals surface area contributed by atoms with Crippen molar-refractivity contribution >= 4 is 17.5 Å². The standard InChI is InChI=1S/C20H24ClNO2/c1-15-12-18(13-16(2)20(15)21)24-11-7-10-19(23)22(3)14-17-8-5-4-6-9-17/h4-6,8-9,12-13H,7,10-11,14H2,1-3H3. The molecule has 3 nitrogen and oxygen atoms in total. The largest absolute Gasteiger partial charge is 0.494 e. The normalized spacial score (nSPS) is 10.5. The first-order valence-electron chi connectivity index (χ1n) is 8.15. The Bertz CT molecular complexity index is 662. The first-order valence-corrected chi connectivity index (χ1v) is 8.52. The molecule has 0 heterocycles. The van der Waals surface area contributed by atoms with E-state index in [0.717, 1.165) is 27.5 Å². The van der Waals surface area contributed by atoms with Crippen molar-refractivity contribution in [2.45, 2.75) is 33.2 Å². The number of rotatable bonds is 7. The van der Waals surface area contributed by atoms with Gasteiger partial charge in [0.25, 0.3) is 0 Å². The predicted molar refractivity (Wildman–Crippen MR) is 98.6 cm³/mol. The number of amides is 1. The molecule has 0 atom stereocenters. The van der Waals surface area contributed by atoms with Gasteiger partial charge in [-0.15, -0.1) is 0 Å². The van der Waals surface area contributed by atoms with Crippen molar-refractivity contribution in [1.82, 2.24) is 4.90 Å². The van der Waals surface area contributed by atoms with E-state index in [1.807, 2.05) is 63.4 Å². The number of carbonyl (C=O) groups is 1. The van der Waals surface area contributed by atoms with Gasteiger partial charge in [-0.25, -0.2) is 0 Å². The van der Waals surface area contributed by atoms with Gasteiger partial charge < -0.3 is 9.64 Å². The summed E-state index contributed by atoms with van der Waals surface area (Å²) in [5, 5.41) is 0.778. The van der Waals surface area contributed by atoms with Crippen molar-refractivity contribution in [3.63, 3.8) is 0 Å². The second-order valence-corrected chi connectivity index (χ2v) is 6.44. The van der Waals surface area contributed by atoms with Gasteiger partial charge in [0.05, 0.1) is 6.61 Å². The zero-order chi connectivity index (χ0) is 17.5. The van der Waals surface area contributed by atoms with Gasteiger partial charge in [-0.3, -0.25) is 4.79 Å². The zero-order valence-electron chi connectivity index (χ0n) is 14.5. The number of hydrogen-bond donors (Lipinski definition) is 0. The van der Waals surface area contributed by atoms with E-state index < -0.39 is 0 Å². The summed E-state index contributed by atoms with van der Waals surface area (Å²) in [5.74, 6) is 0.936. The average Bonchev–Trinajstić information content (AvgIpc) is 2.57. The number of nitrogens with zero attached hydrogens (tertiary/aromatic N) is 1. The van der Waals surface area contributed by atoms with Crippen LogP contribution in [0, 0.1) is 13.8 Å². The van der Waals surface area contributed by atoms with E-state index in [1.165, 1.54) is 0 Å². The molecule has 0 saturated carbocycles. The number of halogens is 1. The summed E-state index contributed by atoms with van der Waals surface area (Å²) in [5.41, 5.74) is 3.15. The van der Waals surface area contributed by atoms with E-state index in [4.69, 9.17) is 16.3 Å². The first-order chi connectivity index (χ1) is 11.5. The quantitative estimate of drug-likeness (QED) is 0.676. The average molecular weight is 346 g/mol. The van der Waals surface area contributed by atoms with Gasteiger partial charge in [0, 0.05) is 25.0 Å². The molecule has 0 radical (unpaired) electrons. The summed E-state index contributed by atoms with van der Waals surface area (Å²) < 4.78 is 5.74. The Morgan fingerprint density at radius 3 is 2.38 bits per heavy atom. The van der Waals surface area contributed by atoms with E-state index in [1.54, 1.807) is 4.90 Å². The maximum Gasteiger partial charge on any atom is 0.222 e. The molecule has 2 aromatic rings. The van der Waals surface area contributed by atoms with Crippen molar-refractivity contribution in [2.24, 2.45) is 0 Å². The topological polar surface area (TPSA) is 29.5 Å². The Kier molecular flexibility index (Phi) is 6.68. The highest BCUT2D eigenvalue weighted by atomic mass is 35.5. The molecule has 0 aromatic heterocycles. The summed E-state index contributed by atoms with van der Waals surface area (Å²) in [4.78, 5) is 13.9. The third kappa shape index (κ3) is 5.27. The van der Waals surface area contributed by atoms with E-state index >= 15 is 0 Å². The maximum absolute atomic E-state index is 12.2. The van der Waals surface area contributed by atoms with Crippen LogP contribution in [0.5, 0.6) is 5.75 Å². The molecule has 0 saturated heterocycles. The van der Waals surface area contributed by atoms with E-state index in [9.17, 15) is 4.79 Å². The van der Waals surface area contributed by atoms with E-state index in [-0.39, 0.29) is 5.91 Å². The van der Waals surface area contributed by atoms with Gasteiger partial charge in [0.15, 0.2) is 0 Å². The molecule has 0 N–H and O–H groups in total. The molecule has 0 fully saturated rings. The fraction of sp³-hybridized carbons (Fsp3) is 0.350. The second-order valence-electron chi connectivity index (χ2n) is 6.06. The molecule has 24 heavy (non-hydrogen) atoms. The highest BCUT2D eigenvalue weighted by Gasteiger charge is 2.09. The van der Waals surface area contributed by atoms with Crippen molar-refractivity contribution in [1.29, 1.82) is 0 Å². The molecular weight excluding hydrogens is 322 g/mol. The lowest BCUT2D eigenvalue weighted by molar-refractivity contribution is -0.130. The minimum absolute atomic E-state index is 0.130. The molecule has 2 rings (SSSR count). The van der Waals surface area contributed by atoms with Crippen LogP contribution >= 0.6 is 11.6 Å². The summed E-state index contributed by atoms with van der Waals surface area (Å²) in [6.07, 6.45) is 1.17. The summed E-state index contributed by atoms with van der Waals surface area (Å²) in [6, 6.07) is 13.9. The van der Waals surface area contributed by atoms with Crippen LogP contribution in [0.15, 0.2) is 42.5 Å². The summed E-state index contributed by atoms with van der Waals surface area (Å²) >= 11 is 6.15. The lowest BCUT2D eigenvalue weighted by Crippen LogP contribution is -2.26. The van der Waals surface area contributed by atoms with Crippen LogP contribution in [-0.2, 0) is 11.3 Å². The van der Waals surface area contributed by atoms with E-state index in [0.29, 0.717) is 26.0 Å². The Labute approximate surface area is 149 Å². The summed E-state index contributed by atoms with van der Waals surface area (Å²) in [7, 11) is 1.84. The number of ether oxygens (including phenoxy) is 1. The lowest BCUT2D eigenvalue weighted by atomic mass is 10.1.